The Bertz CT molecular complexity index is 328. The van der Waals surface area contributed by atoms with Crippen molar-refractivity contribution >= 4 is 0 Å². The highest BCUT2D eigenvalue weighted by Crippen LogP contribution is 2.35. The number of halogens is 1. The predicted octanol–water partition coefficient (Wildman–Crippen LogP) is 3.37. The smallest absolute Gasteiger partial charge is 0.126 e. The van der Waals surface area contributed by atoms with E-state index < -0.39 is 6.17 Å². The van der Waals surface area contributed by atoms with Crippen LogP contribution in [0, 0.1) is 0 Å². The third-order valence-electron chi connectivity index (χ3n) is 2.66. The molecule has 0 nitrogen and oxygen atoms in total. The lowest BCUT2D eigenvalue weighted by atomic mass is 10.0. The zero-order valence-electron chi connectivity index (χ0n) is 7.59. The standard InChI is InChI=1S/C12H13F/c1-2-4-9-5-3-6-11-10(9)7-8-12(11)13/h2-3,5-6,12H,1,4,7-8H2. The summed E-state index contributed by atoms with van der Waals surface area (Å²) in [5.74, 6) is 0. The highest BCUT2D eigenvalue weighted by Gasteiger charge is 2.22. The van der Waals surface area contributed by atoms with Crippen LogP contribution < -0.4 is 0 Å². The normalized spacial score (nSPS) is 19.9. The van der Waals surface area contributed by atoms with Crippen molar-refractivity contribution in [2.75, 3.05) is 0 Å². The first kappa shape index (κ1) is 8.49. The Hall–Kier alpha value is -1.11. The van der Waals surface area contributed by atoms with E-state index in [0.29, 0.717) is 6.42 Å². The number of alkyl halides is 1. The largest absolute Gasteiger partial charge is 0.242 e. The molecule has 0 radical (unpaired) electrons. The monoisotopic (exact) mass is 176 g/mol. The molecule has 0 bridgehead atoms. The summed E-state index contributed by atoms with van der Waals surface area (Å²) in [6.07, 6.45) is 3.54. The molecule has 1 atom stereocenters. The summed E-state index contributed by atoms with van der Waals surface area (Å²) in [6, 6.07) is 5.91. The molecule has 1 aliphatic rings. The molecule has 1 aliphatic carbocycles. The fourth-order valence-corrected chi connectivity index (χ4v) is 2.03. The van der Waals surface area contributed by atoms with E-state index in [-0.39, 0.29) is 0 Å². The van der Waals surface area contributed by atoms with Gasteiger partial charge in [0, 0.05) is 0 Å². The zero-order chi connectivity index (χ0) is 9.26. The second-order valence-electron chi connectivity index (χ2n) is 3.48. The third kappa shape index (κ3) is 1.39. The minimum atomic E-state index is -0.736. The Labute approximate surface area is 78.1 Å². The van der Waals surface area contributed by atoms with Crippen LogP contribution in [0.5, 0.6) is 0 Å². The van der Waals surface area contributed by atoms with Crippen LogP contribution in [0.2, 0.25) is 0 Å². The van der Waals surface area contributed by atoms with Crippen molar-refractivity contribution in [1.29, 1.82) is 0 Å². The second kappa shape index (κ2) is 3.33. The molecular weight excluding hydrogens is 163 g/mol. The van der Waals surface area contributed by atoms with Crippen LogP contribution in [0.25, 0.3) is 0 Å². The molecule has 0 fully saturated rings. The van der Waals surface area contributed by atoms with Gasteiger partial charge in [0.2, 0.25) is 0 Å². The van der Waals surface area contributed by atoms with Crippen molar-refractivity contribution in [2.24, 2.45) is 0 Å². The molecule has 0 saturated carbocycles. The topological polar surface area (TPSA) is 0 Å². The zero-order valence-corrected chi connectivity index (χ0v) is 7.59. The average molecular weight is 176 g/mol. The van der Waals surface area contributed by atoms with E-state index in [9.17, 15) is 4.39 Å². The first-order valence-electron chi connectivity index (χ1n) is 4.68. The van der Waals surface area contributed by atoms with Crippen LogP contribution >= 0.6 is 0 Å². The number of rotatable bonds is 2. The molecule has 0 N–H and O–H groups in total. The summed E-state index contributed by atoms with van der Waals surface area (Å²) in [4.78, 5) is 0. The molecule has 1 unspecified atom stereocenters. The van der Waals surface area contributed by atoms with Crippen LogP contribution in [-0.2, 0) is 12.8 Å². The van der Waals surface area contributed by atoms with Gasteiger partial charge < -0.3 is 0 Å². The van der Waals surface area contributed by atoms with E-state index in [0.717, 1.165) is 18.4 Å². The van der Waals surface area contributed by atoms with Crippen molar-refractivity contribution in [3.05, 3.63) is 47.5 Å². The van der Waals surface area contributed by atoms with Gasteiger partial charge in [-0.1, -0.05) is 24.3 Å². The summed E-state index contributed by atoms with van der Waals surface area (Å²) < 4.78 is 13.3. The van der Waals surface area contributed by atoms with Gasteiger partial charge in [0.1, 0.15) is 6.17 Å². The van der Waals surface area contributed by atoms with Gasteiger partial charge in [0.15, 0.2) is 0 Å². The van der Waals surface area contributed by atoms with Crippen LogP contribution in [-0.4, -0.2) is 0 Å². The molecule has 13 heavy (non-hydrogen) atoms. The van der Waals surface area contributed by atoms with Gasteiger partial charge in [-0.15, -0.1) is 6.58 Å². The Morgan fingerprint density at radius 1 is 1.54 bits per heavy atom. The van der Waals surface area contributed by atoms with Gasteiger partial charge in [-0.3, -0.25) is 0 Å². The van der Waals surface area contributed by atoms with E-state index in [4.69, 9.17) is 0 Å². The maximum absolute atomic E-state index is 13.3. The van der Waals surface area contributed by atoms with Crippen LogP contribution in [0.1, 0.15) is 29.3 Å². The van der Waals surface area contributed by atoms with Crippen LogP contribution in [0.4, 0.5) is 4.39 Å². The summed E-state index contributed by atoms with van der Waals surface area (Å²) >= 11 is 0. The SMILES string of the molecule is C=CCc1cccc2c1CCC2F. The molecule has 1 aromatic carbocycles. The fourth-order valence-electron chi connectivity index (χ4n) is 2.03. The average Bonchev–Trinajstić information content (AvgIpc) is 2.50. The molecular formula is C12H13F. The van der Waals surface area contributed by atoms with E-state index in [1.165, 1.54) is 11.1 Å². The van der Waals surface area contributed by atoms with Crippen molar-refractivity contribution in [1.82, 2.24) is 0 Å². The van der Waals surface area contributed by atoms with Gasteiger partial charge in [0.25, 0.3) is 0 Å². The number of allylic oxidation sites excluding steroid dienone is 1. The minimum Gasteiger partial charge on any atom is -0.242 e. The Morgan fingerprint density at radius 2 is 2.38 bits per heavy atom. The van der Waals surface area contributed by atoms with Gasteiger partial charge in [0.05, 0.1) is 0 Å². The van der Waals surface area contributed by atoms with E-state index in [2.05, 4.69) is 12.6 Å². The second-order valence-corrected chi connectivity index (χ2v) is 3.48. The number of fused-ring (bicyclic) bond motifs is 1. The van der Waals surface area contributed by atoms with E-state index in [1.54, 1.807) is 0 Å². The van der Waals surface area contributed by atoms with Gasteiger partial charge >= 0.3 is 0 Å². The maximum atomic E-state index is 13.3. The summed E-state index contributed by atoms with van der Waals surface area (Å²) in [5.41, 5.74) is 3.36. The molecule has 1 heteroatoms. The van der Waals surface area contributed by atoms with Crippen LogP contribution in [0.15, 0.2) is 30.9 Å². The van der Waals surface area contributed by atoms with E-state index >= 15 is 0 Å². The summed E-state index contributed by atoms with van der Waals surface area (Å²) in [5, 5.41) is 0. The van der Waals surface area contributed by atoms with Gasteiger partial charge in [-0.2, -0.15) is 0 Å². The summed E-state index contributed by atoms with van der Waals surface area (Å²) in [7, 11) is 0. The Morgan fingerprint density at radius 3 is 3.15 bits per heavy atom. The Balaban J connectivity index is 2.44. The lowest BCUT2D eigenvalue weighted by Crippen LogP contribution is -1.91. The highest BCUT2D eigenvalue weighted by molar-refractivity contribution is 5.40. The summed E-state index contributed by atoms with van der Waals surface area (Å²) in [6.45, 7) is 3.71. The first-order chi connectivity index (χ1) is 6.33. The lowest BCUT2D eigenvalue weighted by Gasteiger charge is -2.05. The van der Waals surface area contributed by atoms with Crippen LogP contribution in [0.3, 0.4) is 0 Å². The molecule has 2 rings (SSSR count). The van der Waals surface area contributed by atoms with Gasteiger partial charge in [-0.05, 0) is 36.0 Å². The van der Waals surface area contributed by atoms with Gasteiger partial charge in [-0.25, -0.2) is 4.39 Å². The minimum absolute atomic E-state index is 0.656. The number of hydrogen-bond acceptors (Lipinski definition) is 0. The van der Waals surface area contributed by atoms with Crippen molar-refractivity contribution in [3.8, 4) is 0 Å². The predicted molar refractivity (Wildman–Crippen MR) is 52.5 cm³/mol. The molecule has 0 saturated heterocycles. The fraction of sp³-hybridized carbons (Fsp3) is 0.333. The quantitative estimate of drug-likeness (QED) is 0.606. The lowest BCUT2D eigenvalue weighted by molar-refractivity contribution is 0.344. The number of hydrogen-bond donors (Lipinski definition) is 0. The molecule has 0 aliphatic heterocycles. The molecule has 0 aromatic heterocycles. The molecule has 68 valence electrons. The van der Waals surface area contributed by atoms with Crippen molar-refractivity contribution < 1.29 is 4.39 Å². The highest BCUT2D eigenvalue weighted by atomic mass is 19.1. The van der Waals surface area contributed by atoms with Crippen molar-refractivity contribution in [3.63, 3.8) is 0 Å². The molecule has 0 heterocycles. The number of benzene rings is 1. The Kier molecular flexibility index (Phi) is 2.17. The van der Waals surface area contributed by atoms with E-state index in [1.807, 2.05) is 18.2 Å². The maximum Gasteiger partial charge on any atom is 0.126 e. The third-order valence-corrected chi connectivity index (χ3v) is 2.66. The first-order valence-corrected chi connectivity index (χ1v) is 4.68. The molecule has 0 spiro atoms. The van der Waals surface area contributed by atoms with Crippen molar-refractivity contribution in [2.45, 2.75) is 25.4 Å². The molecule has 1 aromatic rings. The molecule has 0 amide bonds.